The van der Waals surface area contributed by atoms with Gasteiger partial charge in [-0.15, -0.1) is 22.7 Å². The monoisotopic (exact) mass is 322 g/mol. The van der Waals surface area contributed by atoms with E-state index in [9.17, 15) is 0 Å². The third kappa shape index (κ3) is 1.86. The summed E-state index contributed by atoms with van der Waals surface area (Å²) < 4.78 is 4.05. The normalized spacial score (nSPS) is 11.2. The minimum atomic E-state index is 1.10. The summed E-state index contributed by atoms with van der Waals surface area (Å²) in [6, 6.07) is 10.7. The molecule has 0 atom stereocenters. The van der Waals surface area contributed by atoms with Crippen molar-refractivity contribution in [1.82, 2.24) is 0 Å². The zero-order valence-corrected chi connectivity index (χ0v) is 12.6. The summed E-state index contributed by atoms with van der Waals surface area (Å²) in [5.41, 5.74) is 2.77. The number of hydrogen-bond acceptors (Lipinski definition) is 2. The fraction of sp³-hybridized carbons (Fsp3) is 0.143. The molecule has 0 aliphatic carbocycles. The van der Waals surface area contributed by atoms with Crippen LogP contribution in [0.1, 0.15) is 11.8 Å². The topological polar surface area (TPSA) is 0 Å². The number of aryl methyl sites for hydroxylation is 1. The summed E-state index contributed by atoms with van der Waals surface area (Å²) in [6.07, 6.45) is 1.10. The van der Waals surface area contributed by atoms with Crippen molar-refractivity contribution in [1.29, 1.82) is 0 Å². The number of rotatable bonds is 2. The van der Waals surface area contributed by atoms with Crippen LogP contribution in [0.3, 0.4) is 0 Å². The molecule has 17 heavy (non-hydrogen) atoms. The van der Waals surface area contributed by atoms with Crippen LogP contribution in [0.4, 0.5) is 0 Å². The highest BCUT2D eigenvalue weighted by Gasteiger charge is 2.15. The first-order chi connectivity index (χ1) is 8.31. The number of halogens is 1. The fourth-order valence-corrected chi connectivity index (χ4v) is 5.28. The summed E-state index contributed by atoms with van der Waals surface area (Å²) in [6.45, 7) is 2.23. The second-order valence-electron chi connectivity index (χ2n) is 3.86. The molecule has 3 rings (SSSR count). The van der Waals surface area contributed by atoms with Gasteiger partial charge < -0.3 is 0 Å². The van der Waals surface area contributed by atoms with Crippen LogP contribution in [0.25, 0.3) is 20.5 Å². The van der Waals surface area contributed by atoms with Gasteiger partial charge in [0.1, 0.15) is 0 Å². The molecule has 0 nitrogen and oxygen atoms in total. The van der Waals surface area contributed by atoms with Gasteiger partial charge in [-0.25, -0.2) is 0 Å². The minimum Gasteiger partial charge on any atom is -0.141 e. The lowest BCUT2D eigenvalue weighted by Gasteiger charge is -2.01. The van der Waals surface area contributed by atoms with Gasteiger partial charge in [0.05, 0.1) is 9.40 Å². The fourth-order valence-electron chi connectivity index (χ4n) is 2.04. The van der Waals surface area contributed by atoms with Gasteiger partial charge >= 0.3 is 0 Å². The molecule has 1 aromatic carbocycles. The summed E-state index contributed by atoms with van der Waals surface area (Å²) in [5.74, 6) is 0. The molecule has 0 unspecified atom stereocenters. The van der Waals surface area contributed by atoms with Crippen LogP contribution in [0.5, 0.6) is 0 Å². The van der Waals surface area contributed by atoms with E-state index >= 15 is 0 Å². The summed E-state index contributed by atoms with van der Waals surface area (Å²) >= 11 is 7.39. The zero-order valence-electron chi connectivity index (χ0n) is 9.37. The molecule has 3 aromatic rings. The molecule has 0 radical (unpaired) electrons. The maximum absolute atomic E-state index is 3.64. The van der Waals surface area contributed by atoms with Gasteiger partial charge in [0, 0.05) is 20.3 Å². The first-order valence-corrected chi connectivity index (χ1v) is 8.04. The maximum atomic E-state index is 3.64. The van der Waals surface area contributed by atoms with E-state index in [-0.39, 0.29) is 0 Å². The Morgan fingerprint density at radius 3 is 2.59 bits per heavy atom. The van der Waals surface area contributed by atoms with Crippen molar-refractivity contribution in [2.24, 2.45) is 0 Å². The maximum Gasteiger partial charge on any atom is 0.0602 e. The van der Waals surface area contributed by atoms with Gasteiger partial charge in [0.2, 0.25) is 0 Å². The molecule has 3 heteroatoms. The Labute approximate surface area is 117 Å². The lowest BCUT2D eigenvalue weighted by atomic mass is 10.1. The smallest absolute Gasteiger partial charge is 0.0602 e. The number of fused-ring (bicyclic) bond motifs is 1. The van der Waals surface area contributed by atoms with Crippen molar-refractivity contribution in [3.05, 3.63) is 45.1 Å². The van der Waals surface area contributed by atoms with E-state index in [4.69, 9.17) is 0 Å². The highest BCUT2D eigenvalue weighted by molar-refractivity contribution is 9.10. The Kier molecular flexibility index (Phi) is 3.07. The molecular formula is C14H11BrS2. The predicted molar refractivity (Wildman–Crippen MR) is 82.2 cm³/mol. The van der Waals surface area contributed by atoms with E-state index in [2.05, 4.69) is 58.6 Å². The molecule has 0 N–H and O–H groups in total. The molecule has 86 valence electrons. The Balaban J connectivity index is 2.33. The second kappa shape index (κ2) is 4.56. The molecule has 0 bridgehead atoms. The minimum absolute atomic E-state index is 1.10. The van der Waals surface area contributed by atoms with Gasteiger partial charge in [-0.3, -0.25) is 0 Å². The molecule has 0 fully saturated rings. The zero-order chi connectivity index (χ0) is 11.8. The summed E-state index contributed by atoms with van der Waals surface area (Å²) in [5, 5.41) is 2.19. The third-order valence-corrected chi connectivity index (χ3v) is 6.50. The third-order valence-electron chi connectivity index (χ3n) is 2.82. The van der Waals surface area contributed by atoms with Gasteiger partial charge in [0.15, 0.2) is 0 Å². The number of thiophene rings is 2. The van der Waals surface area contributed by atoms with Gasteiger partial charge in [-0.05, 0) is 27.9 Å². The highest BCUT2D eigenvalue weighted by Crippen LogP contribution is 2.45. The quantitative estimate of drug-likeness (QED) is 0.546. The van der Waals surface area contributed by atoms with Crippen LogP contribution in [0, 0.1) is 0 Å². The summed E-state index contributed by atoms with van der Waals surface area (Å²) in [7, 11) is 0. The van der Waals surface area contributed by atoms with E-state index < -0.39 is 0 Å². The molecule has 0 saturated carbocycles. The Bertz CT molecular complexity index is 649. The first-order valence-electron chi connectivity index (χ1n) is 5.55. The van der Waals surface area contributed by atoms with Gasteiger partial charge in [0.25, 0.3) is 0 Å². The van der Waals surface area contributed by atoms with E-state index in [1.165, 1.54) is 29.9 Å². The first kappa shape index (κ1) is 11.5. The van der Waals surface area contributed by atoms with E-state index in [0.29, 0.717) is 0 Å². The van der Waals surface area contributed by atoms with Crippen molar-refractivity contribution >= 4 is 48.0 Å². The van der Waals surface area contributed by atoms with E-state index in [1.807, 2.05) is 22.7 Å². The Morgan fingerprint density at radius 1 is 1.12 bits per heavy atom. The van der Waals surface area contributed by atoms with Gasteiger partial charge in [-0.1, -0.05) is 37.3 Å². The molecule has 0 spiro atoms. The molecule has 0 saturated heterocycles. The van der Waals surface area contributed by atoms with Crippen LogP contribution in [0.15, 0.2) is 40.2 Å². The highest BCUT2D eigenvalue weighted by atomic mass is 79.9. The SMILES string of the molecule is CCc1sc2c(Br)csc2c1-c1ccccc1. The molecular weight excluding hydrogens is 312 g/mol. The van der Waals surface area contributed by atoms with E-state index in [1.54, 1.807) is 0 Å². The molecule has 0 aliphatic heterocycles. The second-order valence-corrected chi connectivity index (χ2v) is 6.70. The van der Waals surface area contributed by atoms with Crippen LogP contribution in [-0.2, 0) is 6.42 Å². The van der Waals surface area contributed by atoms with Crippen LogP contribution in [-0.4, -0.2) is 0 Å². The summed E-state index contributed by atoms with van der Waals surface area (Å²) in [4.78, 5) is 1.48. The number of benzene rings is 1. The van der Waals surface area contributed by atoms with Crippen LogP contribution >= 0.6 is 38.6 Å². The van der Waals surface area contributed by atoms with Gasteiger partial charge in [-0.2, -0.15) is 0 Å². The largest absolute Gasteiger partial charge is 0.141 e. The van der Waals surface area contributed by atoms with Crippen molar-refractivity contribution in [3.8, 4) is 11.1 Å². The molecule has 2 aromatic heterocycles. The average molecular weight is 323 g/mol. The average Bonchev–Trinajstić information content (AvgIpc) is 2.90. The van der Waals surface area contributed by atoms with E-state index in [0.717, 1.165) is 6.42 Å². The van der Waals surface area contributed by atoms with Crippen LogP contribution in [0.2, 0.25) is 0 Å². The van der Waals surface area contributed by atoms with Crippen molar-refractivity contribution in [2.75, 3.05) is 0 Å². The molecule has 0 aliphatic rings. The van der Waals surface area contributed by atoms with Crippen molar-refractivity contribution < 1.29 is 0 Å². The molecule has 2 heterocycles. The predicted octanol–water partition coefficient (Wildman–Crippen LogP) is 5.95. The Morgan fingerprint density at radius 2 is 1.88 bits per heavy atom. The lowest BCUT2D eigenvalue weighted by Crippen LogP contribution is -1.79. The standard InChI is InChI=1S/C14H11BrS2/c1-2-11-12(9-6-4-3-5-7-9)14-13(17-11)10(15)8-16-14/h3-8H,2H2,1H3. The molecule has 0 amide bonds. The Hall–Kier alpha value is -0.640. The van der Waals surface area contributed by atoms with Crippen molar-refractivity contribution in [2.45, 2.75) is 13.3 Å². The van der Waals surface area contributed by atoms with Crippen molar-refractivity contribution in [3.63, 3.8) is 0 Å². The van der Waals surface area contributed by atoms with Crippen LogP contribution < -0.4 is 0 Å². The lowest BCUT2D eigenvalue weighted by molar-refractivity contribution is 1.19. The number of hydrogen-bond donors (Lipinski definition) is 0.